The molecule has 0 aliphatic carbocycles. The third kappa shape index (κ3) is 5.71. The summed E-state index contributed by atoms with van der Waals surface area (Å²) >= 11 is 0. The minimum atomic E-state index is -3.90. The van der Waals surface area contributed by atoms with E-state index in [2.05, 4.69) is 10.0 Å². The molecule has 0 aliphatic heterocycles. The Bertz CT molecular complexity index is 911. The third-order valence-electron chi connectivity index (χ3n) is 4.21. The van der Waals surface area contributed by atoms with E-state index in [4.69, 9.17) is 9.47 Å². The number of ether oxygens (including phenoxy) is 2. The SMILES string of the molecule is COc1ccc(CCNC(=O)C(C)NS(=O)(=O)c2cc(C)ccc2OC)cc1. The molecule has 0 aromatic heterocycles. The first-order valence-corrected chi connectivity index (χ1v) is 10.3. The van der Waals surface area contributed by atoms with Gasteiger partial charge in [0.15, 0.2) is 0 Å². The number of hydrogen-bond acceptors (Lipinski definition) is 5. The first kappa shape index (κ1) is 21.7. The lowest BCUT2D eigenvalue weighted by Crippen LogP contribution is -2.45. The van der Waals surface area contributed by atoms with Crippen LogP contribution in [0.15, 0.2) is 47.4 Å². The standard InChI is InChI=1S/C20H26N2O5S/c1-14-5-10-18(27-4)19(13-14)28(24,25)22-15(2)20(23)21-12-11-16-6-8-17(26-3)9-7-16/h5-10,13,15,22H,11-12H2,1-4H3,(H,21,23). The van der Waals surface area contributed by atoms with Crippen molar-refractivity contribution in [3.05, 3.63) is 53.6 Å². The molecule has 0 radical (unpaired) electrons. The number of nitrogens with one attached hydrogen (secondary N) is 2. The van der Waals surface area contributed by atoms with Crippen LogP contribution in [0.3, 0.4) is 0 Å². The fraction of sp³-hybridized carbons (Fsp3) is 0.350. The molecule has 28 heavy (non-hydrogen) atoms. The molecule has 0 heterocycles. The maximum Gasteiger partial charge on any atom is 0.244 e. The largest absolute Gasteiger partial charge is 0.497 e. The van der Waals surface area contributed by atoms with Gasteiger partial charge in [0, 0.05) is 6.54 Å². The Hall–Kier alpha value is -2.58. The second-order valence-corrected chi connectivity index (χ2v) is 8.07. The average molecular weight is 407 g/mol. The Morgan fingerprint density at radius 1 is 1.07 bits per heavy atom. The second kappa shape index (κ2) is 9.57. The molecule has 0 saturated carbocycles. The van der Waals surface area contributed by atoms with Crippen LogP contribution in [0, 0.1) is 6.92 Å². The van der Waals surface area contributed by atoms with Gasteiger partial charge in [-0.25, -0.2) is 8.42 Å². The van der Waals surface area contributed by atoms with Crippen LogP contribution in [0.1, 0.15) is 18.1 Å². The van der Waals surface area contributed by atoms with Gasteiger partial charge in [-0.1, -0.05) is 18.2 Å². The van der Waals surface area contributed by atoms with E-state index in [1.165, 1.54) is 20.1 Å². The lowest BCUT2D eigenvalue weighted by atomic mass is 10.1. The van der Waals surface area contributed by atoms with Crippen molar-refractivity contribution in [2.24, 2.45) is 0 Å². The predicted octanol–water partition coefficient (Wildman–Crippen LogP) is 2.04. The monoisotopic (exact) mass is 406 g/mol. The summed E-state index contributed by atoms with van der Waals surface area (Å²) in [5.74, 6) is 0.594. The molecule has 7 nitrogen and oxygen atoms in total. The Balaban J connectivity index is 1.94. The van der Waals surface area contributed by atoms with Crippen molar-refractivity contribution in [1.82, 2.24) is 10.0 Å². The Labute approximate surface area is 166 Å². The van der Waals surface area contributed by atoms with E-state index < -0.39 is 22.0 Å². The van der Waals surface area contributed by atoms with Gasteiger partial charge in [-0.2, -0.15) is 4.72 Å². The van der Waals surface area contributed by atoms with Gasteiger partial charge in [-0.3, -0.25) is 4.79 Å². The molecule has 8 heteroatoms. The Kier molecular flexibility index (Phi) is 7.42. The normalized spacial score (nSPS) is 12.3. The molecule has 2 rings (SSSR count). The quantitative estimate of drug-likeness (QED) is 0.665. The smallest absolute Gasteiger partial charge is 0.244 e. The van der Waals surface area contributed by atoms with E-state index in [1.807, 2.05) is 24.3 Å². The maximum atomic E-state index is 12.7. The number of hydrogen-bond donors (Lipinski definition) is 2. The topological polar surface area (TPSA) is 93.7 Å². The van der Waals surface area contributed by atoms with Crippen molar-refractivity contribution in [3.63, 3.8) is 0 Å². The molecule has 0 aliphatic rings. The van der Waals surface area contributed by atoms with Crippen LogP contribution in [0.5, 0.6) is 11.5 Å². The van der Waals surface area contributed by atoms with Crippen LogP contribution in [0.4, 0.5) is 0 Å². The highest BCUT2D eigenvalue weighted by Gasteiger charge is 2.25. The summed E-state index contributed by atoms with van der Waals surface area (Å²) < 4.78 is 37.9. The van der Waals surface area contributed by atoms with Gasteiger partial charge in [0.05, 0.1) is 20.3 Å². The van der Waals surface area contributed by atoms with Gasteiger partial charge < -0.3 is 14.8 Å². The summed E-state index contributed by atoms with van der Waals surface area (Å²) in [7, 11) is -0.901. The Morgan fingerprint density at radius 3 is 2.36 bits per heavy atom. The molecule has 152 valence electrons. The van der Waals surface area contributed by atoms with Crippen molar-refractivity contribution in [2.45, 2.75) is 31.2 Å². The van der Waals surface area contributed by atoms with E-state index >= 15 is 0 Å². The molecule has 2 aromatic carbocycles. The molecule has 2 N–H and O–H groups in total. The number of carbonyl (C=O) groups excluding carboxylic acids is 1. The fourth-order valence-electron chi connectivity index (χ4n) is 2.62. The van der Waals surface area contributed by atoms with Crippen LogP contribution in [-0.4, -0.2) is 41.1 Å². The highest BCUT2D eigenvalue weighted by atomic mass is 32.2. The van der Waals surface area contributed by atoms with Crippen molar-refractivity contribution in [2.75, 3.05) is 20.8 Å². The first-order valence-electron chi connectivity index (χ1n) is 8.84. The van der Waals surface area contributed by atoms with Gasteiger partial charge in [0.25, 0.3) is 0 Å². The molecule has 1 atom stereocenters. The number of aryl methyl sites for hydroxylation is 1. The molecular formula is C20H26N2O5S. The van der Waals surface area contributed by atoms with E-state index in [-0.39, 0.29) is 10.6 Å². The number of carbonyl (C=O) groups is 1. The highest BCUT2D eigenvalue weighted by Crippen LogP contribution is 2.24. The molecule has 1 amide bonds. The molecule has 0 saturated heterocycles. The van der Waals surface area contributed by atoms with Crippen molar-refractivity contribution in [3.8, 4) is 11.5 Å². The Morgan fingerprint density at radius 2 is 1.75 bits per heavy atom. The van der Waals surface area contributed by atoms with Crippen molar-refractivity contribution in [1.29, 1.82) is 0 Å². The number of rotatable bonds is 9. The van der Waals surface area contributed by atoms with Gasteiger partial charge >= 0.3 is 0 Å². The van der Waals surface area contributed by atoms with Crippen LogP contribution in [-0.2, 0) is 21.2 Å². The summed E-state index contributed by atoms with van der Waals surface area (Å²) in [5, 5.41) is 2.75. The molecule has 2 aromatic rings. The number of methoxy groups -OCH3 is 2. The van der Waals surface area contributed by atoms with Crippen LogP contribution >= 0.6 is 0 Å². The van der Waals surface area contributed by atoms with Gasteiger partial charge in [-0.05, 0) is 55.7 Å². The molecule has 0 fully saturated rings. The number of benzene rings is 2. The minimum Gasteiger partial charge on any atom is -0.497 e. The van der Waals surface area contributed by atoms with Crippen molar-refractivity contribution < 1.29 is 22.7 Å². The minimum absolute atomic E-state index is 0.00730. The molecule has 1 unspecified atom stereocenters. The average Bonchev–Trinajstić information content (AvgIpc) is 2.68. The van der Waals surface area contributed by atoms with Crippen LogP contribution in [0.25, 0.3) is 0 Å². The number of sulfonamides is 1. The van der Waals surface area contributed by atoms with E-state index in [1.54, 1.807) is 26.2 Å². The zero-order chi connectivity index (χ0) is 20.7. The van der Waals surface area contributed by atoms with Crippen molar-refractivity contribution >= 4 is 15.9 Å². The van der Waals surface area contributed by atoms with Gasteiger partial charge in [0.2, 0.25) is 15.9 Å². The summed E-state index contributed by atoms with van der Waals surface area (Å²) in [6.45, 7) is 3.68. The molecular weight excluding hydrogens is 380 g/mol. The molecule has 0 bridgehead atoms. The number of amides is 1. The van der Waals surface area contributed by atoms with E-state index in [0.717, 1.165) is 16.9 Å². The van der Waals surface area contributed by atoms with Crippen LogP contribution in [0.2, 0.25) is 0 Å². The molecule has 0 spiro atoms. The van der Waals surface area contributed by atoms with E-state index in [9.17, 15) is 13.2 Å². The zero-order valence-electron chi connectivity index (χ0n) is 16.5. The van der Waals surface area contributed by atoms with Gasteiger partial charge in [-0.15, -0.1) is 0 Å². The summed E-state index contributed by atoms with van der Waals surface area (Å²) in [5.41, 5.74) is 1.82. The predicted molar refractivity (Wildman–Crippen MR) is 107 cm³/mol. The first-order chi connectivity index (χ1) is 13.3. The van der Waals surface area contributed by atoms with Crippen LogP contribution < -0.4 is 19.5 Å². The fourth-order valence-corrected chi connectivity index (χ4v) is 4.08. The third-order valence-corrected chi connectivity index (χ3v) is 5.77. The summed E-state index contributed by atoms with van der Waals surface area (Å²) in [6.07, 6.45) is 0.626. The lowest BCUT2D eigenvalue weighted by Gasteiger charge is -2.16. The zero-order valence-corrected chi connectivity index (χ0v) is 17.3. The lowest BCUT2D eigenvalue weighted by molar-refractivity contribution is -0.122. The van der Waals surface area contributed by atoms with Gasteiger partial charge in [0.1, 0.15) is 16.4 Å². The maximum absolute atomic E-state index is 12.7. The van der Waals surface area contributed by atoms with E-state index in [0.29, 0.717) is 13.0 Å². The second-order valence-electron chi connectivity index (χ2n) is 6.39. The highest BCUT2D eigenvalue weighted by molar-refractivity contribution is 7.89. The summed E-state index contributed by atoms with van der Waals surface area (Å²) in [4.78, 5) is 12.3. The summed E-state index contributed by atoms with van der Waals surface area (Å²) in [6, 6.07) is 11.5.